The molecule has 0 aliphatic carbocycles. The van der Waals surface area contributed by atoms with Crippen LogP contribution in [0.3, 0.4) is 0 Å². The average Bonchev–Trinajstić information content (AvgIpc) is 2.46. The third kappa shape index (κ3) is 3.50. The predicted octanol–water partition coefficient (Wildman–Crippen LogP) is 3.41. The van der Waals surface area contributed by atoms with Crippen molar-refractivity contribution >= 4 is 31.6 Å². The SMILES string of the molecule is COc1cc(Br)c(S(=O)(=O)Nc2cccc(F)c2)cc1OC. The molecule has 0 aliphatic rings. The fourth-order valence-electron chi connectivity index (χ4n) is 1.80. The van der Waals surface area contributed by atoms with Gasteiger partial charge in [0.25, 0.3) is 10.0 Å². The van der Waals surface area contributed by atoms with Crippen molar-refractivity contribution < 1.29 is 22.3 Å². The maximum absolute atomic E-state index is 13.2. The summed E-state index contributed by atoms with van der Waals surface area (Å²) >= 11 is 3.19. The van der Waals surface area contributed by atoms with E-state index in [2.05, 4.69) is 20.7 Å². The Morgan fingerprint density at radius 2 is 1.73 bits per heavy atom. The van der Waals surface area contributed by atoms with Crippen LogP contribution in [0.1, 0.15) is 0 Å². The molecule has 0 aliphatic heterocycles. The summed E-state index contributed by atoms with van der Waals surface area (Å²) in [4.78, 5) is -0.0468. The summed E-state index contributed by atoms with van der Waals surface area (Å²) in [6, 6.07) is 7.99. The van der Waals surface area contributed by atoms with Crippen LogP contribution in [0.2, 0.25) is 0 Å². The second-order valence-electron chi connectivity index (χ2n) is 4.25. The largest absolute Gasteiger partial charge is 0.493 e. The van der Waals surface area contributed by atoms with E-state index in [0.717, 1.165) is 6.07 Å². The van der Waals surface area contributed by atoms with E-state index in [1.54, 1.807) is 0 Å². The summed E-state index contributed by atoms with van der Waals surface area (Å²) in [5.41, 5.74) is 0.127. The van der Waals surface area contributed by atoms with E-state index in [0.29, 0.717) is 10.2 Å². The zero-order valence-corrected chi connectivity index (χ0v) is 14.2. The topological polar surface area (TPSA) is 64.6 Å². The number of nitrogens with one attached hydrogen (secondary N) is 1. The molecule has 0 unspecified atom stereocenters. The first-order valence-electron chi connectivity index (χ1n) is 6.07. The molecule has 0 atom stereocenters. The molecule has 5 nitrogen and oxygen atoms in total. The molecule has 0 amide bonds. The number of methoxy groups -OCH3 is 2. The molecule has 0 radical (unpaired) electrons. The van der Waals surface area contributed by atoms with Gasteiger partial charge in [-0.15, -0.1) is 0 Å². The Kier molecular flexibility index (Phi) is 4.92. The van der Waals surface area contributed by atoms with Crippen LogP contribution in [0.25, 0.3) is 0 Å². The summed E-state index contributed by atoms with van der Waals surface area (Å²) in [5.74, 6) is 0.121. The Morgan fingerprint density at radius 3 is 2.32 bits per heavy atom. The van der Waals surface area contributed by atoms with Crippen LogP contribution in [0.5, 0.6) is 11.5 Å². The summed E-state index contributed by atoms with van der Waals surface area (Å²) < 4.78 is 50.9. The molecule has 2 aromatic rings. The molecule has 8 heteroatoms. The standard InChI is InChI=1S/C14H13BrFNO4S/c1-20-12-7-11(15)14(8-13(12)21-2)22(18,19)17-10-5-3-4-9(16)6-10/h3-8,17H,1-2H3. The molecule has 0 aromatic heterocycles. The Hall–Kier alpha value is -1.80. The molecule has 1 N–H and O–H groups in total. The quantitative estimate of drug-likeness (QED) is 0.850. The minimum absolute atomic E-state index is 0.0468. The van der Waals surface area contributed by atoms with Crippen molar-refractivity contribution in [3.05, 3.63) is 46.7 Å². The van der Waals surface area contributed by atoms with Gasteiger partial charge in [-0.3, -0.25) is 4.72 Å². The Balaban J connectivity index is 2.45. The van der Waals surface area contributed by atoms with Crippen LogP contribution in [0.15, 0.2) is 45.8 Å². The molecule has 0 saturated heterocycles. The lowest BCUT2D eigenvalue weighted by Gasteiger charge is -2.13. The van der Waals surface area contributed by atoms with Crippen LogP contribution in [-0.4, -0.2) is 22.6 Å². The van der Waals surface area contributed by atoms with Crippen molar-refractivity contribution in [1.29, 1.82) is 0 Å². The van der Waals surface area contributed by atoms with Gasteiger partial charge in [0.05, 0.1) is 19.9 Å². The van der Waals surface area contributed by atoms with Crippen molar-refractivity contribution in [2.75, 3.05) is 18.9 Å². The fraction of sp³-hybridized carbons (Fsp3) is 0.143. The highest BCUT2D eigenvalue weighted by molar-refractivity contribution is 9.10. The molecule has 22 heavy (non-hydrogen) atoms. The molecule has 2 aromatic carbocycles. The van der Waals surface area contributed by atoms with E-state index in [-0.39, 0.29) is 16.3 Å². The first-order chi connectivity index (χ1) is 10.4. The number of rotatable bonds is 5. The lowest BCUT2D eigenvalue weighted by atomic mass is 10.3. The van der Waals surface area contributed by atoms with Gasteiger partial charge in [-0.1, -0.05) is 6.07 Å². The van der Waals surface area contributed by atoms with Gasteiger partial charge in [-0.05, 0) is 40.2 Å². The first kappa shape index (κ1) is 16.6. The van der Waals surface area contributed by atoms with E-state index in [9.17, 15) is 12.8 Å². The minimum atomic E-state index is -3.92. The van der Waals surface area contributed by atoms with E-state index in [4.69, 9.17) is 9.47 Å². The number of hydrogen-bond donors (Lipinski definition) is 1. The molecular formula is C14H13BrFNO4S. The van der Waals surface area contributed by atoms with E-state index in [1.807, 2.05) is 0 Å². The maximum Gasteiger partial charge on any atom is 0.263 e. The fourth-order valence-corrected chi connectivity index (χ4v) is 3.89. The molecular weight excluding hydrogens is 377 g/mol. The van der Waals surface area contributed by atoms with Crippen LogP contribution < -0.4 is 14.2 Å². The maximum atomic E-state index is 13.2. The van der Waals surface area contributed by atoms with Gasteiger partial charge in [0.2, 0.25) is 0 Å². The highest BCUT2D eigenvalue weighted by Crippen LogP contribution is 2.36. The molecule has 0 saturated carbocycles. The molecule has 0 fully saturated rings. The summed E-state index contributed by atoms with van der Waals surface area (Å²) in [7, 11) is -1.06. The lowest BCUT2D eigenvalue weighted by Crippen LogP contribution is -2.14. The van der Waals surface area contributed by atoms with Gasteiger partial charge in [0, 0.05) is 10.5 Å². The third-order valence-corrected chi connectivity index (χ3v) is 5.14. The number of benzene rings is 2. The zero-order chi connectivity index (χ0) is 16.3. The van der Waals surface area contributed by atoms with Crippen molar-refractivity contribution in [2.45, 2.75) is 4.90 Å². The number of ether oxygens (including phenoxy) is 2. The number of sulfonamides is 1. The third-order valence-electron chi connectivity index (χ3n) is 2.80. The first-order valence-corrected chi connectivity index (χ1v) is 8.35. The predicted molar refractivity (Wildman–Crippen MR) is 84.5 cm³/mol. The van der Waals surface area contributed by atoms with Gasteiger partial charge in [0.1, 0.15) is 10.7 Å². The van der Waals surface area contributed by atoms with Crippen molar-refractivity contribution in [3.8, 4) is 11.5 Å². The van der Waals surface area contributed by atoms with Crippen LogP contribution in [0.4, 0.5) is 10.1 Å². The van der Waals surface area contributed by atoms with E-state index in [1.165, 1.54) is 44.6 Å². The van der Waals surface area contributed by atoms with Crippen molar-refractivity contribution in [1.82, 2.24) is 0 Å². The highest BCUT2D eigenvalue weighted by atomic mass is 79.9. The van der Waals surface area contributed by atoms with Gasteiger partial charge in [-0.25, -0.2) is 12.8 Å². The minimum Gasteiger partial charge on any atom is -0.493 e. The zero-order valence-electron chi connectivity index (χ0n) is 11.8. The van der Waals surface area contributed by atoms with Gasteiger partial charge < -0.3 is 9.47 Å². The molecule has 118 valence electrons. The Morgan fingerprint density at radius 1 is 1.09 bits per heavy atom. The molecule has 0 heterocycles. The van der Waals surface area contributed by atoms with Crippen molar-refractivity contribution in [2.24, 2.45) is 0 Å². The Bertz CT molecular complexity index is 795. The van der Waals surface area contributed by atoms with Crippen LogP contribution >= 0.6 is 15.9 Å². The van der Waals surface area contributed by atoms with E-state index >= 15 is 0 Å². The lowest BCUT2D eigenvalue weighted by molar-refractivity contribution is 0.353. The van der Waals surface area contributed by atoms with Gasteiger partial charge in [-0.2, -0.15) is 0 Å². The normalized spacial score (nSPS) is 11.1. The van der Waals surface area contributed by atoms with Gasteiger partial charge in [0.15, 0.2) is 11.5 Å². The summed E-state index contributed by atoms with van der Waals surface area (Å²) in [5, 5.41) is 0. The second kappa shape index (κ2) is 6.53. The Labute approximate surface area is 136 Å². The number of hydrogen-bond acceptors (Lipinski definition) is 4. The van der Waals surface area contributed by atoms with Gasteiger partial charge >= 0.3 is 0 Å². The highest BCUT2D eigenvalue weighted by Gasteiger charge is 2.21. The second-order valence-corrected chi connectivity index (χ2v) is 6.76. The van der Waals surface area contributed by atoms with Crippen LogP contribution in [0, 0.1) is 5.82 Å². The molecule has 0 spiro atoms. The summed E-state index contributed by atoms with van der Waals surface area (Å²) in [6.07, 6.45) is 0. The smallest absolute Gasteiger partial charge is 0.263 e. The molecule has 0 bridgehead atoms. The molecule has 2 rings (SSSR count). The summed E-state index contributed by atoms with van der Waals surface area (Å²) in [6.45, 7) is 0. The number of anilines is 1. The number of halogens is 2. The van der Waals surface area contributed by atoms with E-state index < -0.39 is 15.8 Å². The average molecular weight is 390 g/mol. The van der Waals surface area contributed by atoms with Crippen LogP contribution in [-0.2, 0) is 10.0 Å². The monoisotopic (exact) mass is 389 g/mol. The van der Waals surface area contributed by atoms with Crippen molar-refractivity contribution in [3.63, 3.8) is 0 Å².